The first-order chi connectivity index (χ1) is 11.1. The van der Waals surface area contributed by atoms with Crippen LogP contribution in [0.15, 0.2) is 53.4 Å². The molecule has 4 nitrogen and oxygen atoms in total. The number of esters is 1. The summed E-state index contributed by atoms with van der Waals surface area (Å²) in [5, 5.41) is 0. The molecule has 0 radical (unpaired) electrons. The lowest BCUT2D eigenvalue weighted by Gasteiger charge is -2.25. The Hall–Kier alpha value is -2.14. The molecule has 2 aromatic carbocycles. The molecule has 1 aliphatic heterocycles. The first kappa shape index (κ1) is 15.7. The molecule has 2 aromatic rings. The average molecular weight is 330 g/mol. The number of rotatable bonds is 4. The standard InChI is InChI=1S/C18H18O4S/c1-23(20)15-8-6-13(7-9-15)18(19)22-12-14-10-11-21-17-5-3-2-4-16(14)17/h2-9,14H,10-12H2,1H3. The zero-order valence-electron chi connectivity index (χ0n) is 12.9. The normalized spacial score (nSPS) is 17.7. The number of fused-ring (bicyclic) bond motifs is 1. The van der Waals surface area contributed by atoms with Crippen LogP contribution in [0.1, 0.15) is 28.3 Å². The molecule has 23 heavy (non-hydrogen) atoms. The smallest absolute Gasteiger partial charge is 0.338 e. The molecule has 2 atom stereocenters. The zero-order valence-corrected chi connectivity index (χ0v) is 13.7. The first-order valence-corrected chi connectivity index (χ1v) is 9.03. The minimum atomic E-state index is -1.05. The van der Waals surface area contributed by atoms with Crippen molar-refractivity contribution >= 4 is 16.8 Å². The highest BCUT2D eigenvalue weighted by Crippen LogP contribution is 2.33. The molecule has 120 valence electrons. The third-order valence-corrected chi connectivity index (χ3v) is 4.86. The molecule has 0 N–H and O–H groups in total. The number of carbonyl (C=O) groups excluding carboxylic acids is 1. The largest absolute Gasteiger partial charge is 0.493 e. The predicted molar refractivity (Wildman–Crippen MR) is 88.4 cm³/mol. The van der Waals surface area contributed by atoms with Crippen LogP contribution in [0.4, 0.5) is 0 Å². The van der Waals surface area contributed by atoms with Gasteiger partial charge in [-0.25, -0.2) is 4.79 Å². The molecule has 0 fully saturated rings. The lowest BCUT2D eigenvalue weighted by molar-refractivity contribution is 0.0459. The Kier molecular flexibility index (Phi) is 4.76. The molecular formula is C18H18O4S. The van der Waals surface area contributed by atoms with Crippen molar-refractivity contribution in [2.24, 2.45) is 0 Å². The van der Waals surface area contributed by atoms with E-state index >= 15 is 0 Å². The third kappa shape index (κ3) is 3.62. The lowest BCUT2D eigenvalue weighted by Crippen LogP contribution is -2.20. The van der Waals surface area contributed by atoms with Gasteiger partial charge in [0.2, 0.25) is 0 Å². The van der Waals surface area contributed by atoms with Crippen molar-refractivity contribution < 1.29 is 18.5 Å². The van der Waals surface area contributed by atoms with Crippen molar-refractivity contribution in [1.82, 2.24) is 0 Å². The number of ether oxygens (including phenoxy) is 2. The van der Waals surface area contributed by atoms with E-state index in [1.807, 2.05) is 24.3 Å². The van der Waals surface area contributed by atoms with Crippen LogP contribution in [-0.2, 0) is 15.5 Å². The maximum absolute atomic E-state index is 12.2. The van der Waals surface area contributed by atoms with E-state index in [2.05, 4.69) is 0 Å². The summed E-state index contributed by atoms with van der Waals surface area (Å²) < 4.78 is 22.4. The third-order valence-electron chi connectivity index (χ3n) is 3.92. The van der Waals surface area contributed by atoms with Crippen molar-refractivity contribution in [2.75, 3.05) is 19.5 Å². The second kappa shape index (κ2) is 6.96. The van der Waals surface area contributed by atoms with Gasteiger partial charge in [-0.3, -0.25) is 4.21 Å². The molecule has 0 aliphatic carbocycles. The van der Waals surface area contributed by atoms with Crippen LogP contribution in [0, 0.1) is 0 Å². The van der Waals surface area contributed by atoms with Gasteiger partial charge >= 0.3 is 5.97 Å². The molecule has 1 heterocycles. The van der Waals surface area contributed by atoms with Crippen LogP contribution in [0.2, 0.25) is 0 Å². The van der Waals surface area contributed by atoms with Gasteiger partial charge in [-0.1, -0.05) is 18.2 Å². The topological polar surface area (TPSA) is 52.6 Å². The quantitative estimate of drug-likeness (QED) is 0.808. The fraction of sp³-hybridized carbons (Fsp3) is 0.278. The summed E-state index contributed by atoms with van der Waals surface area (Å²) in [6.07, 6.45) is 2.44. The van der Waals surface area contributed by atoms with Gasteiger partial charge in [0.1, 0.15) is 5.75 Å². The fourth-order valence-corrected chi connectivity index (χ4v) is 3.15. The monoisotopic (exact) mass is 330 g/mol. The van der Waals surface area contributed by atoms with Gasteiger partial charge in [-0.15, -0.1) is 0 Å². The number of hydrogen-bond donors (Lipinski definition) is 0. The molecule has 2 unspecified atom stereocenters. The molecule has 5 heteroatoms. The van der Waals surface area contributed by atoms with Gasteiger partial charge in [0, 0.05) is 33.4 Å². The summed E-state index contributed by atoms with van der Waals surface area (Å²) in [4.78, 5) is 12.8. The summed E-state index contributed by atoms with van der Waals surface area (Å²) in [6, 6.07) is 14.5. The van der Waals surface area contributed by atoms with Crippen molar-refractivity contribution in [3.63, 3.8) is 0 Å². The lowest BCUT2D eigenvalue weighted by atomic mass is 9.94. The van der Waals surface area contributed by atoms with Crippen LogP contribution in [-0.4, -0.2) is 29.6 Å². The summed E-state index contributed by atoms with van der Waals surface area (Å²) in [5.41, 5.74) is 1.56. The molecule has 0 aromatic heterocycles. The predicted octanol–water partition coefficient (Wildman–Crippen LogP) is 3.15. The van der Waals surface area contributed by atoms with E-state index in [9.17, 15) is 9.00 Å². The van der Waals surface area contributed by atoms with Gasteiger partial charge in [0.15, 0.2) is 0 Å². The maximum atomic E-state index is 12.2. The van der Waals surface area contributed by atoms with Crippen molar-refractivity contribution in [1.29, 1.82) is 0 Å². The molecule has 0 spiro atoms. The van der Waals surface area contributed by atoms with E-state index in [-0.39, 0.29) is 11.9 Å². The summed E-state index contributed by atoms with van der Waals surface area (Å²) >= 11 is 0. The maximum Gasteiger partial charge on any atom is 0.338 e. The van der Waals surface area contributed by atoms with Crippen LogP contribution >= 0.6 is 0 Å². The Morgan fingerprint density at radius 3 is 2.70 bits per heavy atom. The van der Waals surface area contributed by atoms with Crippen LogP contribution in [0.25, 0.3) is 0 Å². The van der Waals surface area contributed by atoms with E-state index in [1.54, 1.807) is 30.5 Å². The summed E-state index contributed by atoms with van der Waals surface area (Å²) in [6.45, 7) is 0.969. The zero-order chi connectivity index (χ0) is 16.2. The fourth-order valence-electron chi connectivity index (χ4n) is 2.63. The second-order valence-electron chi connectivity index (χ2n) is 5.45. The molecule has 0 bridgehead atoms. The van der Waals surface area contributed by atoms with Crippen LogP contribution in [0.3, 0.4) is 0 Å². The van der Waals surface area contributed by atoms with E-state index in [0.717, 1.165) is 17.7 Å². The Morgan fingerprint density at radius 1 is 1.22 bits per heavy atom. The Labute approximate surface area is 137 Å². The summed E-state index contributed by atoms with van der Waals surface area (Å²) in [7, 11) is -1.05. The number of benzene rings is 2. The highest BCUT2D eigenvalue weighted by atomic mass is 32.2. The van der Waals surface area contributed by atoms with Crippen LogP contribution < -0.4 is 4.74 Å². The van der Waals surface area contributed by atoms with Crippen LogP contribution in [0.5, 0.6) is 5.75 Å². The van der Waals surface area contributed by atoms with Gasteiger partial charge in [0.25, 0.3) is 0 Å². The first-order valence-electron chi connectivity index (χ1n) is 7.47. The minimum absolute atomic E-state index is 0.159. The van der Waals surface area contributed by atoms with E-state index in [1.165, 1.54) is 0 Å². The highest BCUT2D eigenvalue weighted by molar-refractivity contribution is 7.84. The Morgan fingerprint density at radius 2 is 1.96 bits per heavy atom. The highest BCUT2D eigenvalue weighted by Gasteiger charge is 2.22. The van der Waals surface area contributed by atoms with Crippen molar-refractivity contribution in [3.8, 4) is 5.75 Å². The van der Waals surface area contributed by atoms with Gasteiger partial charge in [0.05, 0.1) is 18.8 Å². The molecule has 0 saturated carbocycles. The van der Waals surface area contributed by atoms with Gasteiger partial charge in [-0.05, 0) is 36.8 Å². The molecular weight excluding hydrogens is 312 g/mol. The average Bonchev–Trinajstić information content (AvgIpc) is 2.59. The van der Waals surface area contributed by atoms with E-state index in [4.69, 9.17) is 9.47 Å². The molecule has 0 amide bonds. The Bertz CT molecular complexity index is 724. The van der Waals surface area contributed by atoms with Crippen molar-refractivity contribution in [2.45, 2.75) is 17.2 Å². The van der Waals surface area contributed by atoms with Crippen molar-refractivity contribution in [3.05, 3.63) is 59.7 Å². The van der Waals surface area contributed by atoms with E-state index < -0.39 is 10.8 Å². The van der Waals surface area contributed by atoms with Gasteiger partial charge < -0.3 is 9.47 Å². The second-order valence-corrected chi connectivity index (χ2v) is 6.83. The number of carbonyl (C=O) groups is 1. The SMILES string of the molecule is CS(=O)c1ccc(C(=O)OCC2CCOc3ccccc32)cc1. The molecule has 0 saturated heterocycles. The summed E-state index contributed by atoms with van der Waals surface area (Å²) in [5.74, 6) is 0.670. The molecule has 3 rings (SSSR count). The minimum Gasteiger partial charge on any atom is -0.493 e. The number of hydrogen-bond acceptors (Lipinski definition) is 4. The Balaban J connectivity index is 1.64. The molecule has 1 aliphatic rings. The number of para-hydroxylation sites is 1. The van der Waals surface area contributed by atoms with E-state index in [0.29, 0.717) is 23.7 Å². The van der Waals surface area contributed by atoms with Gasteiger partial charge in [-0.2, -0.15) is 0 Å².